The fourth-order valence-electron chi connectivity index (χ4n) is 1.47. The Bertz CT molecular complexity index is 429. The minimum atomic E-state index is -1.06. The first-order chi connectivity index (χ1) is 6.25. The van der Waals surface area contributed by atoms with Crippen molar-refractivity contribution in [1.82, 2.24) is 0 Å². The van der Waals surface area contributed by atoms with Crippen LogP contribution in [0.25, 0.3) is 5.83 Å². The number of rotatable bonds is 0. The highest BCUT2D eigenvalue weighted by Gasteiger charge is 2.31. The second-order valence-electron chi connectivity index (χ2n) is 2.81. The molecule has 0 bridgehead atoms. The minimum Gasteiger partial charge on any atom is -0.207 e. The number of nitrogens with zero attached hydrogens (tertiary/aromatic N) is 1. The van der Waals surface area contributed by atoms with E-state index < -0.39 is 17.6 Å². The van der Waals surface area contributed by atoms with E-state index in [0.29, 0.717) is 5.56 Å². The second kappa shape index (κ2) is 2.67. The van der Waals surface area contributed by atoms with Gasteiger partial charge in [-0.2, -0.15) is 5.26 Å². The monoisotopic (exact) mass is 177 g/mol. The van der Waals surface area contributed by atoms with Gasteiger partial charge in [-0.15, -0.1) is 0 Å². The molecular formula is C10H5F2N. The molecular weight excluding hydrogens is 172 g/mol. The average molecular weight is 177 g/mol. The maximum absolute atomic E-state index is 13.1. The van der Waals surface area contributed by atoms with Crippen LogP contribution in [0.4, 0.5) is 8.78 Å². The normalized spacial score (nSPS) is 19.9. The van der Waals surface area contributed by atoms with Crippen LogP contribution in [0, 0.1) is 11.3 Å². The van der Waals surface area contributed by atoms with Crippen LogP contribution < -0.4 is 0 Å². The smallest absolute Gasteiger partial charge is 0.163 e. The fourth-order valence-corrected chi connectivity index (χ4v) is 1.47. The van der Waals surface area contributed by atoms with Gasteiger partial charge in [-0.1, -0.05) is 24.3 Å². The van der Waals surface area contributed by atoms with Crippen molar-refractivity contribution in [1.29, 1.82) is 5.26 Å². The molecule has 1 aromatic rings. The maximum Gasteiger partial charge on any atom is 0.163 e. The highest BCUT2D eigenvalue weighted by atomic mass is 19.2. The van der Waals surface area contributed by atoms with Gasteiger partial charge < -0.3 is 0 Å². The topological polar surface area (TPSA) is 23.8 Å². The molecule has 0 saturated carbocycles. The molecule has 0 heterocycles. The third-order valence-electron chi connectivity index (χ3n) is 2.10. The molecule has 0 spiro atoms. The van der Waals surface area contributed by atoms with E-state index in [9.17, 15) is 8.78 Å². The highest BCUT2D eigenvalue weighted by Crippen LogP contribution is 2.42. The van der Waals surface area contributed by atoms with Crippen molar-refractivity contribution in [2.75, 3.05) is 0 Å². The summed E-state index contributed by atoms with van der Waals surface area (Å²) in [6, 6.07) is 8.04. The third-order valence-corrected chi connectivity index (χ3v) is 2.10. The lowest BCUT2D eigenvalue weighted by molar-refractivity contribution is 0.577. The van der Waals surface area contributed by atoms with Crippen LogP contribution in [0.3, 0.4) is 0 Å². The number of hydrogen-bond acceptors (Lipinski definition) is 1. The Balaban J connectivity index is 2.67. The summed E-state index contributed by atoms with van der Waals surface area (Å²) in [6.07, 6.45) is 0. The molecule has 1 aliphatic rings. The van der Waals surface area contributed by atoms with Crippen molar-refractivity contribution in [2.24, 2.45) is 0 Å². The van der Waals surface area contributed by atoms with Gasteiger partial charge in [-0.25, -0.2) is 8.78 Å². The summed E-state index contributed by atoms with van der Waals surface area (Å²) in [5.74, 6) is -2.93. The summed E-state index contributed by atoms with van der Waals surface area (Å²) in [4.78, 5) is 0. The Kier molecular flexibility index (Phi) is 1.63. The van der Waals surface area contributed by atoms with Gasteiger partial charge in [-0.3, -0.25) is 0 Å². The highest BCUT2D eigenvalue weighted by molar-refractivity contribution is 5.73. The van der Waals surface area contributed by atoms with Gasteiger partial charge in [0.2, 0.25) is 0 Å². The molecule has 1 aliphatic carbocycles. The Morgan fingerprint density at radius 1 is 1.23 bits per heavy atom. The van der Waals surface area contributed by atoms with Crippen LogP contribution in [0.5, 0.6) is 0 Å². The van der Waals surface area contributed by atoms with Crippen LogP contribution in [0.1, 0.15) is 17.0 Å². The zero-order chi connectivity index (χ0) is 9.42. The van der Waals surface area contributed by atoms with Gasteiger partial charge in [0.05, 0.1) is 6.07 Å². The van der Waals surface area contributed by atoms with Crippen LogP contribution in [-0.2, 0) is 0 Å². The lowest BCUT2D eigenvalue weighted by Gasteiger charge is -1.99. The van der Waals surface area contributed by atoms with Crippen molar-refractivity contribution in [3.8, 4) is 6.07 Å². The van der Waals surface area contributed by atoms with Crippen LogP contribution >= 0.6 is 0 Å². The number of halogens is 2. The Labute approximate surface area is 73.9 Å². The van der Waals surface area contributed by atoms with Crippen molar-refractivity contribution in [3.63, 3.8) is 0 Å². The molecule has 1 aromatic carbocycles. The number of hydrogen-bond donors (Lipinski definition) is 0. The second-order valence-corrected chi connectivity index (χ2v) is 2.81. The van der Waals surface area contributed by atoms with E-state index in [1.54, 1.807) is 24.3 Å². The van der Waals surface area contributed by atoms with E-state index in [1.807, 2.05) is 0 Å². The Morgan fingerprint density at radius 2 is 1.92 bits per heavy atom. The van der Waals surface area contributed by atoms with E-state index in [2.05, 4.69) is 0 Å². The Morgan fingerprint density at radius 3 is 2.62 bits per heavy atom. The molecule has 1 unspecified atom stereocenters. The van der Waals surface area contributed by atoms with Gasteiger partial charge in [0.15, 0.2) is 11.7 Å². The fraction of sp³-hybridized carbons (Fsp3) is 0.100. The van der Waals surface area contributed by atoms with E-state index >= 15 is 0 Å². The molecule has 0 aliphatic heterocycles. The van der Waals surface area contributed by atoms with E-state index in [4.69, 9.17) is 5.26 Å². The van der Waals surface area contributed by atoms with Gasteiger partial charge in [0.25, 0.3) is 0 Å². The molecule has 64 valence electrons. The summed E-state index contributed by atoms with van der Waals surface area (Å²) in [5, 5.41) is 8.61. The average Bonchev–Trinajstić information content (AvgIpc) is 2.41. The number of fused-ring (bicyclic) bond motifs is 1. The molecule has 13 heavy (non-hydrogen) atoms. The molecule has 1 atom stereocenters. The van der Waals surface area contributed by atoms with Gasteiger partial charge in [0.1, 0.15) is 5.92 Å². The SMILES string of the molecule is N#CC1C(F)=C(F)c2ccccc21. The number of nitriles is 1. The van der Waals surface area contributed by atoms with Crippen LogP contribution in [-0.4, -0.2) is 0 Å². The molecule has 0 radical (unpaired) electrons. The van der Waals surface area contributed by atoms with Gasteiger partial charge in [-0.05, 0) is 5.56 Å². The predicted octanol–water partition coefficient (Wildman–Crippen LogP) is 2.91. The van der Waals surface area contributed by atoms with E-state index in [1.165, 1.54) is 6.07 Å². The van der Waals surface area contributed by atoms with Gasteiger partial charge >= 0.3 is 0 Å². The quantitative estimate of drug-likeness (QED) is 0.597. The molecule has 1 nitrogen and oxygen atoms in total. The van der Waals surface area contributed by atoms with Crippen molar-refractivity contribution >= 4 is 5.83 Å². The van der Waals surface area contributed by atoms with Crippen molar-refractivity contribution in [2.45, 2.75) is 5.92 Å². The minimum absolute atomic E-state index is 0.201. The zero-order valence-corrected chi connectivity index (χ0v) is 6.59. The molecule has 0 amide bonds. The summed E-state index contributed by atoms with van der Waals surface area (Å²) in [7, 11) is 0. The summed E-state index contributed by atoms with van der Waals surface area (Å²) < 4.78 is 26.2. The third kappa shape index (κ3) is 0.955. The largest absolute Gasteiger partial charge is 0.207 e. The summed E-state index contributed by atoms with van der Waals surface area (Å²) >= 11 is 0. The molecule has 2 rings (SSSR count). The lowest BCUT2D eigenvalue weighted by Crippen LogP contribution is -1.90. The van der Waals surface area contributed by atoms with Crippen LogP contribution in [0.15, 0.2) is 30.1 Å². The first kappa shape index (κ1) is 7.93. The van der Waals surface area contributed by atoms with Crippen molar-refractivity contribution < 1.29 is 8.78 Å². The predicted molar refractivity (Wildman–Crippen MR) is 43.9 cm³/mol. The zero-order valence-electron chi connectivity index (χ0n) is 6.59. The van der Waals surface area contributed by atoms with Gasteiger partial charge in [0, 0.05) is 5.56 Å². The number of allylic oxidation sites excluding steroid dienone is 1. The summed E-state index contributed by atoms with van der Waals surface area (Å²) in [6.45, 7) is 0. The first-order valence-corrected chi connectivity index (χ1v) is 3.79. The maximum atomic E-state index is 13.1. The van der Waals surface area contributed by atoms with E-state index in [0.717, 1.165) is 0 Å². The molecule has 3 heteroatoms. The molecule has 0 saturated heterocycles. The molecule has 0 aromatic heterocycles. The number of benzene rings is 1. The first-order valence-electron chi connectivity index (χ1n) is 3.79. The Hall–Kier alpha value is -1.69. The summed E-state index contributed by atoms with van der Waals surface area (Å²) in [5.41, 5.74) is 0.617. The molecule has 0 fully saturated rings. The van der Waals surface area contributed by atoms with Crippen molar-refractivity contribution in [3.05, 3.63) is 41.2 Å². The standard InChI is InChI=1S/C10H5F2N/c11-9-7-4-2-1-3-6(7)8(5-13)10(9)12/h1-4,8H. The lowest BCUT2D eigenvalue weighted by atomic mass is 10.0. The molecule has 0 N–H and O–H groups in total. The van der Waals surface area contributed by atoms with Crippen LogP contribution in [0.2, 0.25) is 0 Å². The van der Waals surface area contributed by atoms with E-state index in [-0.39, 0.29) is 5.56 Å².